The van der Waals surface area contributed by atoms with Gasteiger partial charge < -0.3 is 56.8 Å². The van der Waals surface area contributed by atoms with Gasteiger partial charge in [-0.1, -0.05) is 80.1 Å². The van der Waals surface area contributed by atoms with Crippen molar-refractivity contribution >= 4 is 35.8 Å². The van der Waals surface area contributed by atoms with E-state index in [-0.39, 0.29) is 34.5 Å². The van der Waals surface area contributed by atoms with Crippen molar-refractivity contribution in [3.05, 3.63) is 179 Å². The van der Waals surface area contributed by atoms with Gasteiger partial charge in [-0.2, -0.15) is 0 Å². The van der Waals surface area contributed by atoms with Crippen LogP contribution in [0, 0.1) is 0 Å². The van der Waals surface area contributed by atoms with Gasteiger partial charge in [0.15, 0.2) is 0 Å². The van der Waals surface area contributed by atoms with Crippen molar-refractivity contribution in [2.45, 2.75) is 119 Å². The number of esters is 6. The Morgan fingerprint density at radius 3 is 0.422 bits per heavy atom. The van der Waals surface area contributed by atoms with Crippen molar-refractivity contribution in [2.75, 3.05) is 39.6 Å². The van der Waals surface area contributed by atoms with Gasteiger partial charge in [0.05, 0.1) is 73.0 Å². The van der Waals surface area contributed by atoms with E-state index >= 15 is 28.8 Å². The van der Waals surface area contributed by atoms with Crippen molar-refractivity contribution in [2.24, 2.45) is 0 Å². The first-order valence-electron chi connectivity index (χ1n) is 30.8. The summed E-state index contributed by atoms with van der Waals surface area (Å²) in [5.41, 5.74) is -6.52. The molecule has 0 saturated carbocycles. The van der Waals surface area contributed by atoms with Gasteiger partial charge in [-0.05, 0) is 184 Å². The minimum absolute atomic E-state index is 0.153. The molecule has 90 heavy (non-hydrogen) atoms. The second-order valence-electron chi connectivity index (χ2n) is 20.6. The topological polar surface area (TPSA) is 213 Å². The quantitative estimate of drug-likeness (QED) is 0.0203. The fourth-order valence-electron chi connectivity index (χ4n) is 8.55. The van der Waals surface area contributed by atoms with Crippen LogP contribution in [0.3, 0.4) is 0 Å². The Morgan fingerprint density at radius 1 is 0.200 bits per heavy atom. The lowest BCUT2D eigenvalue weighted by Gasteiger charge is -2.22. The van der Waals surface area contributed by atoms with E-state index in [9.17, 15) is 0 Å². The van der Waals surface area contributed by atoms with Gasteiger partial charge in [-0.15, -0.1) is 0 Å². The van der Waals surface area contributed by atoms with Gasteiger partial charge in [-0.3, -0.25) is 0 Å². The second kappa shape index (κ2) is 35.8. The number of rotatable bonds is 36. The molecule has 0 aliphatic heterocycles. The Kier molecular flexibility index (Phi) is 26.9. The highest BCUT2D eigenvalue weighted by Gasteiger charge is 2.44. The van der Waals surface area contributed by atoms with Gasteiger partial charge in [0, 0.05) is 0 Å². The summed E-state index contributed by atoms with van der Waals surface area (Å²) in [5.74, 6) is -7.44. The number of carbonyl (C=O) groups excluding carboxylic acids is 6. The molecule has 0 spiro atoms. The Bertz CT molecular complexity index is 2820. The highest BCUT2D eigenvalue weighted by atomic mass is 16.6. The molecule has 7 aromatic carbocycles. The van der Waals surface area contributed by atoms with Crippen molar-refractivity contribution in [1.29, 1.82) is 0 Å². The van der Waals surface area contributed by atoms with Crippen molar-refractivity contribution in [3.63, 3.8) is 0 Å². The fraction of sp³-hybridized carbons (Fsp3) is 0.333. The van der Waals surface area contributed by atoms with E-state index in [2.05, 4.69) is 0 Å². The molecule has 0 radical (unpaired) electrons. The van der Waals surface area contributed by atoms with E-state index in [0.29, 0.717) is 74.1 Å². The van der Waals surface area contributed by atoms with Gasteiger partial charge in [0.2, 0.25) is 0 Å². The number of hydrogen-bond acceptors (Lipinski definition) is 18. The standard InChI is InChI=1S/C72H78O18/c1-7-13-43-79-49-19-31-55(32-20-49)85-67(73)61-62(68(74)86-56-33-21-50(22-34-56)80-44-14-8-2)64(70(76)88-58-37-25-52(26-38-58)82-46-16-10-4)66(72(78)90-60-41-29-54(30-42-60)84-48-18-12-6)65(71(77)89-59-39-27-53(28-40-59)83-47-17-11-5)63(61)69(75)87-57-35-23-51(24-36-57)81-45-15-9-3/h19-42H,7-18,43-48H2,1-6H3. The zero-order chi connectivity index (χ0) is 64.0. The molecule has 7 aromatic rings. The van der Waals surface area contributed by atoms with Gasteiger partial charge in [-0.25, -0.2) is 28.8 Å². The lowest BCUT2D eigenvalue weighted by molar-refractivity contribution is 0.0635. The van der Waals surface area contributed by atoms with E-state index in [1.54, 1.807) is 0 Å². The average molecular weight is 1230 g/mol. The first-order valence-corrected chi connectivity index (χ1v) is 30.8. The number of hydrogen-bond donors (Lipinski definition) is 0. The molecule has 7 rings (SSSR count). The molecular weight excluding hydrogens is 1150 g/mol. The molecule has 0 bridgehead atoms. The van der Waals surface area contributed by atoms with Crippen LogP contribution in [-0.2, 0) is 0 Å². The maximum absolute atomic E-state index is 15.7. The van der Waals surface area contributed by atoms with E-state index in [1.807, 2.05) is 41.5 Å². The maximum atomic E-state index is 15.7. The van der Waals surface area contributed by atoms with Crippen LogP contribution in [0.25, 0.3) is 0 Å². The van der Waals surface area contributed by atoms with E-state index < -0.39 is 69.2 Å². The third kappa shape index (κ3) is 20.1. The van der Waals surface area contributed by atoms with Crippen LogP contribution in [0.15, 0.2) is 146 Å². The Morgan fingerprint density at radius 2 is 0.311 bits per heavy atom. The van der Waals surface area contributed by atoms with Crippen LogP contribution in [0.4, 0.5) is 0 Å². The third-order valence-corrected chi connectivity index (χ3v) is 13.5. The second-order valence-corrected chi connectivity index (χ2v) is 20.6. The summed E-state index contributed by atoms with van der Waals surface area (Å²) < 4.78 is 71.4. The molecule has 18 nitrogen and oxygen atoms in total. The normalized spacial score (nSPS) is 10.7. The predicted octanol–water partition coefficient (Wildman–Crippen LogP) is 16.1. The highest BCUT2D eigenvalue weighted by Crippen LogP contribution is 2.37. The lowest BCUT2D eigenvalue weighted by Crippen LogP contribution is -2.34. The molecule has 0 saturated heterocycles. The molecular formula is C72H78O18. The molecule has 0 aliphatic carbocycles. The molecule has 0 aromatic heterocycles. The Balaban J connectivity index is 1.54. The van der Waals surface area contributed by atoms with Gasteiger partial charge in [0.25, 0.3) is 0 Å². The molecule has 0 fully saturated rings. The van der Waals surface area contributed by atoms with Crippen LogP contribution in [-0.4, -0.2) is 75.5 Å². The lowest BCUT2D eigenvalue weighted by atomic mass is 9.85. The summed E-state index contributed by atoms with van der Waals surface area (Å²) in [6, 6.07) is 35.1. The minimum atomic E-state index is -1.52. The van der Waals surface area contributed by atoms with Crippen LogP contribution < -0.4 is 56.8 Å². The number of carbonyl (C=O) groups is 6. The Hall–Kier alpha value is -9.84. The van der Waals surface area contributed by atoms with Crippen molar-refractivity contribution in [3.8, 4) is 69.0 Å². The van der Waals surface area contributed by atoms with Gasteiger partial charge >= 0.3 is 35.8 Å². The SMILES string of the molecule is CCCCOc1ccc(OC(=O)c2c(C(=O)Oc3ccc(OCCCC)cc3)c(C(=O)Oc3ccc(OCCCC)cc3)c(C(=O)Oc3ccc(OCCCC)cc3)c(C(=O)Oc3ccc(OCCCC)cc3)c2C(=O)Oc2ccc(OCCCC)cc2)cc1. The maximum Gasteiger partial charge on any atom is 0.345 e. The molecule has 0 aliphatic rings. The van der Waals surface area contributed by atoms with Crippen LogP contribution in [0.5, 0.6) is 69.0 Å². The summed E-state index contributed by atoms with van der Waals surface area (Å²) in [4.78, 5) is 94.2. The van der Waals surface area contributed by atoms with E-state index in [4.69, 9.17) is 56.8 Å². The smallest absolute Gasteiger partial charge is 0.345 e. The van der Waals surface area contributed by atoms with E-state index in [0.717, 1.165) is 77.0 Å². The van der Waals surface area contributed by atoms with Crippen molar-refractivity contribution < 1.29 is 85.6 Å². The molecule has 18 heteroatoms. The predicted molar refractivity (Wildman–Crippen MR) is 337 cm³/mol. The molecule has 0 N–H and O–H groups in total. The number of ether oxygens (including phenoxy) is 12. The van der Waals surface area contributed by atoms with Gasteiger partial charge in [0.1, 0.15) is 69.0 Å². The van der Waals surface area contributed by atoms with Crippen LogP contribution in [0.1, 0.15) is 181 Å². The summed E-state index contributed by atoms with van der Waals surface area (Å²) in [7, 11) is 0. The molecule has 474 valence electrons. The molecule has 0 unspecified atom stereocenters. The first kappa shape index (κ1) is 67.7. The average Bonchev–Trinajstić information content (AvgIpc) is 0.811. The number of unbranched alkanes of at least 4 members (excludes halogenated alkanes) is 6. The largest absolute Gasteiger partial charge is 0.494 e. The van der Waals surface area contributed by atoms with Crippen LogP contribution >= 0.6 is 0 Å². The Labute approximate surface area is 525 Å². The summed E-state index contributed by atoms with van der Waals surface area (Å²) in [6.07, 6.45) is 9.79. The molecule has 0 heterocycles. The number of benzene rings is 7. The van der Waals surface area contributed by atoms with Crippen molar-refractivity contribution in [1.82, 2.24) is 0 Å². The highest BCUT2D eigenvalue weighted by molar-refractivity contribution is 6.25. The first-order chi connectivity index (χ1) is 43.9. The monoisotopic (exact) mass is 1230 g/mol. The van der Waals surface area contributed by atoms with E-state index in [1.165, 1.54) is 146 Å². The molecule has 0 amide bonds. The minimum Gasteiger partial charge on any atom is -0.494 e. The summed E-state index contributed by atoms with van der Waals surface area (Å²) in [6.45, 7) is 14.5. The third-order valence-electron chi connectivity index (χ3n) is 13.5. The summed E-state index contributed by atoms with van der Waals surface area (Å²) >= 11 is 0. The fourth-order valence-corrected chi connectivity index (χ4v) is 8.55. The summed E-state index contributed by atoms with van der Waals surface area (Å²) in [5, 5.41) is 0. The zero-order valence-corrected chi connectivity index (χ0v) is 51.9. The molecule has 0 atom stereocenters. The zero-order valence-electron chi connectivity index (χ0n) is 51.9. The van der Waals surface area contributed by atoms with Crippen LogP contribution in [0.2, 0.25) is 0 Å².